The molecule has 0 saturated carbocycles. The van der Waals surface area contributed by atoms with Gasteiger partial charge in [0, 0.05) is 26.1 Å². The largest absolute Gasteiger partial charge is 0.416 e. The molecule has 1 heterocycles. The van der Waals surface area contributed by atoms with Crippen molar-refractivity contribution in [3.63, 3.8) is 0 Å². The van der Waals surface area contributed by atoms with Crippen LogP contribution in [0, 0.1) is 6.92 Å². The summed E-state index contributed by atoms with van der Waals surface area (Å²) in [6, 6.07) is 20.8. The molecule has 1 fully saturated rings. The average Bonchev–Trinajstić information content (AvgIpc) is 3.04. The van der Waals surface area contributed by atoms with E-state index in [1.807, 2.05) is 47.4 Å². The average molecular weight is 524 g/mol. The molecular weight excluding hydrogens is 493 g/mol. The molecule has 0 spiro atoms. The molecule has 1 aliphatic carbocycles. The molecule has 0 radical (unpaired) electrons. The highest BCUT2D eigenvalue weighted by Gasteiger charge is 2.33. The fraction of sp³-hybridized carbons (Fsp3) is 0.312. The Balaban J connectivity index is 1.52. The monoisotopic (exact) mass is 523 g/mol. The first-order valence-electron chi connectivity index (χ1n) is 13.0. The number of benzene rings is 3. The Labute approximate surface area is 220 Å². The fourth-order valence-electron chi connectivity index (χ4n) is 5.63. The molecule has 0 N–H and O–H groups in total. The molecule has 0 bridgehead atoms. The quantitative estimate of drug-likeness (QED) is 0.292. The second-order valence-electron chi connectivity index (χ2n) is 10.2. The van der Waals surface area contributed by atoms with Crippen LogP contribution in [0.3, 0.4) is 0 Å². The van der Waals surface area contributed by atoms with Crippen LogP contribution in [0.1, 0.15) is 58.2 Å². The molecule has 3 aromatic carbocycles. The SMILES string of the molecule is Cc1c(C2=C(c3ccc(C=C4CN(CCC(F)F)C4)cc3)c3ccccc3CCC2)cccc1C(F)(F)F. The van der Waals surface area contributed by atoms with Gasteiger partial charge in [-0.15, -0.1) is 0 Å². The summed E-state index contributed by atoms with van der Waals surface area (Å²) in [5.74, 6) is 0. The first-order chi connectivity index (χ1) is 18.2. The van der Waals surface area contributed by atoms with Crippen molar-refractivity contribution in [2.45, 2.75) is 45.2 Å². The van der Waals surface area contributed by atoms with E-state index < -0.39 is 18.2 Å². The minimum Gasteiger partial charge on any atom is -0.295 e. The third-order valence-corrected chi connectivity index (χ3v) is 7.51. The summed E-state index contributed by atoms with van der Waals surface area (Å²) in [6.07, 6.45) is -2.28. The Morgan fingerprint density at radius 1 is 0.868 bits per heavy atom. The normalized spacial score (nSPS) is 16.3. The van der Waals surface area contributed by atoms with Gasteiger partial charge in [0.15, 0.2) is 0 Å². The lowest BCUT2D eigenvalue weighted by molar-refractivity contribution is -0.138. The van der Waals surface area contributed by atoms with Crippen molar-refractivity contribution in [3.8, 4) is 0 Å². The van der Waals surface area contributed by atoms with Gasteiger partial charge < -0.3 is 0 Å². The summed E-state index contributed by atoms with van der Waals surface area (Å²) in [6.45, 7) is 3.37. The Bertz CT molecular complexity index is 1360. The molecule has 6 heteroatoms. The van der Waals surface area contributed by atoms with Crippen molar-refractivity contribution in [2.24, 2.45) is 0 Å². The zero-order valence-electron chi connectivity index (χ0n) is 21.3. The molecule has 0 unspecified atom stereocenters. The maximum atomic E-state index is 13.8. The maximum Gasteiger partial charge on any atom is 0.416 e. The van der Waals surface area contributed by atoms with Gasteiger partial charge in [-0.05, 0) is 82.4 Å². The zero-order chi connectivity index (χ0) is 26.9. The molecule has 2 aliphatic rings. The number of alkyl halides is 5. The van der Waals surface area contributed by atoms with Crippen molar-refractivity contribution in [2.75, 3.05) is 19.6 Å². The van der Waals surface area contributed by atoms with Crippen molar-refractivity contribution in [1.29, 1.82) is 0 Å². The molecule has 1 saturated heterocycles. The molecule has 0 aromatic heterocycles. The van der Waals surface area contributed by atoms with Gasteiger partial charge in [-0.2, -0.15) is 13.2 Å². The summed E-state index contributed by atoms with van der Waals surface area (Å²) in [7, 11) is 0. The number of likely N-dealkylation sites (tertiary alicyclic amines) is 1. The molecule has 5 rings (SSSR count). The minimum absolute atomic E-state index is 0.105. The molecule has 1 nitrogen and oxygen atoms in total. The van der Waals surface area contributed by atoms with Gasteiger partial charge in [-0.3, -0.25) is 4.90 Å². The molecule has 3 aromatic rings. The standard InChI is InChI=1S/C32H30F5N/c1-21-26(9-5-11-29(21)32(35,36)37)28-10-4-7-24-6-2-3-8-27(24)31(28)25-14-12-22(13-15-25)18-23-19-38(20-23)17-16-30(33)34/h2-3,5-6,8-9,11-15,18,30H,4,7,10,16-17,19-20H2,1H3. The number of allylic oxidation sites excluding steroid dienone is 1. The van der Waals surface area contributed by atoms with E-state index in [0.717, 1.165) is 46.7 Å². The second kappa shape index (κ2) is 10.9. The van der Waals surface area contributed by atoms with Crippen LogP contribution in [0.2, 0.25) is 0 Å². The summed E-state index contributed by atoms with van der Waals surface area (Å²) in [5.41, 5.74) is 7.71. The first kappa shape index (κ1) is 26.4. The number of fused-ring (bicyclic) bond motifs is 1. The van der Waals surface area contributed by atoms with E-state index in [9.17, 15) is 22.0 Å². The van der Waals surface area contributed by atoms with Crippen LogP contribution >= 0.6 is 0 Å². The van der Waals surface area contributed by atoms with Gasteiger partial charge in [0.05, 0.1) is 5.56 Å². The number of hydrogen-bond donors (Lipinski definition) is 0. The van der Waals surface area contributed by atoms with Crippen LogP contribution in [0.4, 0.5) is 22.0 Å². The molecule has 0 atom stereocenters. The Hall–Kier alpha value is -3.25. The highest BCUT2D eigenvalue weighted by Crippen LogP contribution is 2.43. The zero-order valence-corrected chi connectivity index (χ0v) is 21.3. The maximum absolute atomic E-state index is 13.8. The highest BCUT2D eigenvalue weighted by molar-refractivity contribution is 6.00. The predicted molar refractivity (Wildman–Crippen MR) is 143 cm³/mol. The van der Waals surface area contributed by atoms with Crippen molar-refractivity contribution < 1.29 is 22.0 Å². The van der Waals surface area contributed by atoms with Gasteiger partial charge in [-0.1, -0.05) is 66.7 Å². The van der Waals surface area contributed by atoms with E-state index in [1.165, 1.54) is 17.2 Å². The molecule has 198 valence electrons. The van der Waals surface area contributed by atoms with Crippen LogP contribution in [-0.2, 0) is 12.6 Å². The van der Waals surface area contributed by atoms with E-state index in [0.29, 0.717) is 31.6 Å². The lowest BCUT2D eigenvalue weighted by atomic mass is 9.85. The van der Waals surface area contributed by atoms with E-state index in [1.54, 1.807) is 6.92 Å². The summed E-state index contributed by atoms with van der Waals surface area (Å²) < 4.78 is 66.2. The van der Waals surface area contributed by atoms with Crippen molar-refractivity contribution in [1.82, 2.24) is 4.90 Å². The lowest BCUT2D eigenvalue weighted by Crippen LogP contribution is -2.40. The molecular formula is C32H30F5N. The topological polar surface area (TPSA) is 3.24 Å². The van der Waals surface area contributed by atoms with E-state index >= 15 is 0 Å². The highest BCUT2D eigenvalue weighted by atomic mass is 19.4. The minimum atomic E-state index is -4.41. The number of rotatable bonds is 6. The predicted octanol–water partition coefficient (Wildman–Crippen LogP) is 8.66. The van der Waals surface area contributed by atoms with Gasteiger partial charge in [0.25, 0.3) is 0 Å². The second-order valence-corrected chi connectivity index (χ2v) is 10.2. The Kier molecular flexibility index (Phi) is 7.53. The van der Waals surface area contributed by atoms with E-state index in [2.05, 4.69) is 18.2 Å². The smallest absolute Gasteiger partial charge is 0.295 e. The lowest BCUT2D eigenvalue weighted by Gasteiger charge is -2.34. The first-order valence-corrected chi connectivity index (χ1v) is 13.0. The van der Waals surface area contributed by atoms with Crippen LogP contribution in [-0.4, -0.2) is 31.0 Å². The van der Waals surface area contributed by atoms with Gasteiger partial charge in [-0.25, -0.2) is 8.78 Å². The third-order valence-electron chi connectivity index (χ3n) is 7.51. The number of halogens is 5. The van der Waals surface area contributed by atoms with Crippen LogP contribution in [0.15, 0.2) is 72.3 Å². The molecule has 38 heavy (non-hydrogen) atoms. The third kappa shape index (κ3) is 5.60. The summed E-state index contributed by atoms with van der Waals surface area (Å²) >= 11 is 0. The van der Waals surface area contributed by atoms with Gasteiger partial charge in [0.1, 0.15) is 0 Å². The Morgan fingerprint density at radius 2 is 1.58 bits per heavy atom. The van der Waals surface area contributed by atoms with Crippen LogP contribution < -0.4 is 0 Å². The van der Waals surface area contributed by atoms with E-state index in [4.69, 9.17) is 0 Å². The number of aryl methyl sites for hydroxylation is 1. The fourth-order valence-corrected chi connectivity index (χ4v) is 5.63. The molecule has 0 amide bonds. The van der Waals surface area contributed by atoms with Crippen molar-refractivity contribution in [3.05, 3.63) is 111 Å². The summed E-state index contributed by atoms with van der Waals surface area (Å²) in [5, 5.41) is 0. The van der Waals surface area contributed by atoms with Gasteiger partial charge >= 0.3 is 6.18 Å². The number of hydrogen-bond acceptors (Lipinski definition) is 1. The van der Waals surface area contributed by atoms with Gasteiger partial charge in [0.2, 0.25) is 6.43 Å². The molecule has 1 aliphatic heterocycles. The van der Waals surface area contributed by atoms with Crippen LogP contribution in [0.5, 0.6) is 0 Å². The number of nitrogens with zero attached hydrogens (tertiary/aromatic N) is 1. The van der Waals surface area contributed by atoms with E-state index in [-0.39, 0.29) is 12.0 Å². The Morgan fingerprint density at radius 3 is 2.29 bits per heavy atom. The van der Waals surface area contributed by atoms with Crippen LogP contribution in [0.25, 0.3) is 17.2 Å². The van der Waals surface area contributed by atoms with Crippen molar-refractivity contribution >= 4 is 17.2 Å². The summed E-state index contributed by atoms with van der Waals surface area (Å²) in [4.78, 5) is 2.00.